The lowest BCUT2D eigenvalue weighted by Gasteiger charge is -2.09. The Morgan fingerprint density at radius 2 is 1.78 bits per heavy atom. The predicted octanol–water partition coefficient (Wildman–Crippen LogP) is 1.92. The van der Waals surface area contributed by atoms with Gasteiger partial charge in [0, 0.05) is 13.6 Å². The first-order chi connectivity index (χ1) is 4.31. The van der Waals surface area contributed by atoms with Gasteiger partial charge in [-0.25, -0.2) is 0 Å². The maximum Gasteiger partial charge on any atom is 0.0575 e. The minimum absolute atomic E-state index is 1.01. The fraction of sp³-hybridized carbons (Fsp3) is 1.00. The Balaban J connectivity index is 0. The molecule has 0 aromatic rings. The average Bonchev–Trinajstić information content (AvgIpc) is 1.93. The van der Waals surface area contributed by atoms with E-state index in [4.69, 9.17) is 4.84 Å². The van der Waals surface area contributed by atoms with E-state index in [0.717, 1.165) is 13.0 Å². The van der Waals surface area contributed by atoms with Crippen molar-refractivity contribution >= 4 is 0 Å². The third kappa shape index (κ3) is 11.5. The maximum atomic E-state index is 4.82. The first-order valence-corrected chi connectivity index (χ1v) is 3.56. The topological polar surface area (TPSA) is 12.5 Å². The van der Waals surface area contributed by atoms with Gasteiger partial charge in [0.25, 0.3) is 0 Å². The largest absolute Gasteiger partial charge is 0.303 e. The molecular formula is C7H19NO. The summed E-state index contributed by atoms with van der Waals surface area (Å²) >= 11 is 0. The molecule has 0 unspecified atom stereocenters. The van der Waals surface area contributed by atoms with E-state index in [0.29, 0.717) is 0 Å². The van der Waals surface area contributed by atoms with Gasteiger partial charge >= 0.3 is 0 Å². The van der Waals surface area contributed by atoms with Gasteiger partial charge in [0.05, 0.1) is 7.11 Å². The van der Waals surface area contributed by atoms with Crippen molar-refractivity contribution in [2.45, 2.75) is 27.2 Å². The van der Waals surface area contributed by atoms with Gasteiger partial charge in [0.2, 0.25) is 0 Å². The highest BCUT2D eigenvalue weighted by molar-refractivity contribution is 4.29. The average molecular weight is 133 g/mol. The molecule has 0 spiro atoms. The number of rotatable bonds is 3. The molecule has 0 fully saturated rings. The van der Waals surface area contributed by atoms with E-state index < -0.39 is 0 Å². The van der Waals surface area contributed by atoms with Crippen LogP contribution >= 0.6 is 0 Å². The van der Waals surface area contributed by atoms with Crippen LogP contribution in [0, 0.1) is 0 Å². The smallest absolute Gasteiger partial charge is 0.0575 e. The third-order valence-electron chi connectivity index (χ3n) is 0.850. The fourth-order valence-corrected chi connectivity index (χ4v) is 0.406. The molecule has 0 aliphatic carbocycles. The summed E-state index contributed by atoms with van der Waals surface area (Å²) in [5.41, 5.74) is 0. The lowest BCUT2D eigenvalue weighted by Crippen LogP contribution is -2.16. The van der Waals surface area contributed by atoms with Crippen molar-refractivity contribution in [3.63, 3.8) is 0 Å². The Kier molecular flexibility index (Phi) is 14.0. The molecule has 0 aromatic carbocycles. The van der Waals surface area contributed by atoms with Crippen LogP contribution in [0.2, 0.25) is 0 Å². The summed E-state index contributed by atoms with van der Waals surface area (Å²) in [6, 6.07) is 0. The highest BCUT2D eigenvalue weighted by Crippen LogP contribution is 1.82. The molecule has 0 N–H and O–H groups in total. The van der Waals surface area contributed by atoms with Crippen LogP contribution in [0.1, 0.15) is 27.2 Å². The Bertz CT molecular complexity index is 39.9. The molecular weight excluding hydrogens is 114 g/mol. The molecule has 0 aliphatic heterocycles. The van der Waals surface area contributed by atoms with Crippen LogP contribution in [-0.4, -0.2) is 25.8 Å². The predicted molar refractivity (Wildman–Crippen MR) is 41.3 cm³/mol. The molecule has 0 rings (SSSR count). The standard InChI is InChI=1S/C5H13NO.C2H6/c1-4-5-6(2)7-3;1-2/h4-5H2,1-3H3;1-2H3. The van der Waals surface area contributed by atoms with Crippen molar-refractivity contribution < 1.29 is 4.84 Å². The van der Waals surface area contributed by atoms with Gasteiger partial charge in [0.1, 0.15) is 0 Å². The van der Waals surface area contributed by atoms with E-state index in [-0.39, 0.29) is 0 Å². The summed E-state index contributed by atoms with van der Waals surface area (Å²) in [6.45, 7) is 7.13. The molecule has 0 heterocycles. The van der Waals surface area contributed by atoms with Gasteiger partial charge in [-0.2, -0.15) is 5.06 Å². The Hall–Kier alpha value is -0.0800. The normalized spacial score (nSPS) is 8.67. The maximum absolute atomic E-state index is 4.82. The molecule has 0 bridgehead atoms. The number of hydrogen-bond donors (Lipinski definition) is 0. The van der Waals surface area contributed by atoms with Crippen molar-refractivity contribution in [1.29, 1.82) is 0 Å². The molecule has 0 saturated carbocycles. The van der Waals surface area contributed by atoms with Crippen molar-refractivity contribution in [1.82, 2.24) is 5.06 Å². The van der Waals surface area contributed by atoms with E-state index >= 15 is 0 Å². The zero-order valence-electron chi connectivity index (χ0n) is 7.27. The summed E-state index contributed by atoms with van der Waals surface area (Å²) < 4.78 is 0. The molecule has 58 valence electrons. The summed E-state index contributed by atoms with van der Waals surface area (Å²) in [5.74, 6) is 0. The minimum atomic E-state index is 1.01. The van der Waals surface area contributed by atoms with Crippen LogP contribution in [0.3, 0.4) is 0 Å². The second kappa shape index (κ2) is 10.8. The van der Waals surface area contributed by atoms with E-state index in [1.54, 1.807) is 12.2 Å². The molecule has 0 aromatic heterocycles. The van der Waals surface area contributed by atoms with Crippen LogP contribution in [-0.2, 0) is 4.84 Å². The third-order valence-corrected chi connectivity index (χ3v) is 0.850. The highest BCUT2D eigenvalue weighted by Gasteiger charge is 1.87. The van der Waals surface area contributed by atoms with Crippen LogP contribution in [0.5, 0.6) is 0 Å². The SMILES string of the molecule is CC.CCCN(C)OC. The van der Waals surface area contributed by atoms with Crippen LogP contribution < -0.4 is 0 Å². The summed E-state index contributed by atoms with van der Waals surface area (Å²) in [7, 11) is 3.60. The van der Waals surface area contributed by atoms with Gasteiger partial charge in [-0.05, 0) is 6.42 Å². The molecule has 0 radical (unpaired) electrons. The molecule has 0 saturated heterocycles. The Morgan fingerprint density at radius 3 is 1.89 bits per heavy atom. The quantitative estimate of drug-likeness (QED) is 0.545. The van der Waals surface area contributed by atoms with E-state index in [1.165, 1.54) is 0 Å². The monoisotopic (exact) mass is 133 g/mol. The van der Waals surface area contributed by atoms with Gasteiger partial charge < -0.3 is 4.84 Å². The molecule has 0 amide bonds. The van der Waals surface area contributed by atoms with Gasteiger partial charge in [0.15, 0.2) is 0 Å². The fourth-order valence-electron chi connectivity index (χ4n) is 0.406. The number of hydroxylamine groups is 2. The van der Waals surface area contributed by atoms with Crippen molar-refractivity contribution in [3.8, 4) is 0 Å². The van der Waals surface area contributed by atoms with Crippen molar-refractivity contribution in [2.75, 3.05) is 20.7 Å². The Morgan fingerprint density at radius 1 is 1.33 bits per heavy atom. The summed E-state index contributed by atoms with van der Waals surface area (Å²) in [4.78, 5) is 4.82. The van der Waals surface area contributed by atoms with E-state index in [2.05, 4.69) is 6.92 Å². The molecule has 9 heavy (non-hydrogen) atoms. The van der Waals surface area contributed by atoms with E-state index in [9.17, 15) is 0 Å². The second-order valence-corrected chi connectivity index (χ2v) is 1.53. The zero-order chi connectivity index (χ0) is 7.70. The van der Waals surface area contributed by atoms with Crippen molar-refractivity contribution in [3.05, 3.63) is 0 Å². The van der Waals surface area contributed by atoms with Crippen LogP contribution in [0.4, 0.5) is 0 Å². The van der Waals surface area contributed by atoms with Crippen LogP contribution in [0.25, 0.3) is 0 Å². The highest BCUT2D eigenvalue weighted by atomic mass is 16.7. The number of nitrogens with zero attached hydrogens (tertiary/aromatic N) is 1. The lowest BCUT2D eigenvalue weighted by atomic mass is 10.5. The second-order valence-electron chi connectivity index (χ2n) is 1.53. The van der Waals surface area contributed by atoms with Crippen molar-refractivity contribution in [2.24, 2.45) is 0 Å². The molecule has 0 aliphatic rings. The lowest BCUT2D eigenvalue weighted by molar-refractivity contribution is -0.108. The molecule has 2 nitrogen and oxygen atoms in total. The first-order valence-electron chi connectivity index (χ1n) is 3.56. The zero-order valence-corrected chi connectivity index (χ0v) is 7.27. The minimum Gasteiger partial charge on any atom is -0.303 e. The summed E-state index contributed by atoms with van der Waals surface area (Å²) in [6.07, 6.45) is 1.14. The van der Waals surface area contributed by atoms with Crippen LogP contribution in [0.15, 0.2) is 0 Å². The molecule has 0 atom stereocenters. The summed E-state index contributed by atoms with van der Waals surface area (Å²) in [5, 5.41) is 1.81. The Labute approximate surface area is 58.8 Å². The number of hydrogen-bond acceptors (Lipinski definition) is 2. The van der Waals surface area contributed by atoms with E-state index in [1.807, 2.05) is 20.9 Å². The van der Waals surface area contributed by atoms with Gasteiger partial charge in [-0.15, -0.1) is 0 Å². The first kappa shape index (κ1) is 11.7. The van der Waals surface area contributed by atoms with Gasteiger partial charge in [-0.3, -0.25) is 0 Å². The van der Waals surface area contributed by atoms with Gasteiger partial charge in [-0.1, -0.05) is 20.8 Å². The molecule has 2 heteroatoms.